The molecule has 0 aliphatic carbocycles. The summed E-state index contributed by atoms with van der Waals surface area (Å²) in [6.45, 7) is 4.22. The minimum atomic E-state index is -0.180. The van der Waals surface area contributed by atoms with Crippen molar-refractivity contribution in [2.45, 2.75) is 45.1 Å². The molecular formula is C10H20N2O. The molecule has 1 aliphatic heterocycles. The highest BCUT2D eigenvalue weighted by Crippen LogP contribution is 2.19. The van der Waals surface area contributed by atoms with Crippen molar-refractivity contribution in [1.82, 2.24) is 4.90 Å². The fourth-order valence-electron chi connectivity index (χ4n) is 2.07. The van der Waals surface area contributed by atoms with Gasteiger partial charge in [0.15, 0.2) is 0 Å². The molecule has 3 nitrogen and oxygen atoms in total. The van der Waals surface area contributed by atoms with E-state index in [0.717, 1.165) is 13.1 Å². The van der Waals surface area contributed by atoms with Crippen LogP contribution in [0.25, 0.3) is 0 Å². The van der Waals surface area contributed by atoms with Crippen LogP contribution in [0.3, 0.4) is 0 Å². The van der Waals surface area contributed by atoms with Crippen LogP contribution in [0.4, 0.5) is 0 Å². The second-order valence-corrected chi connectivity index (χ2v) is 3.81. The van der Waals surface area contributed by atoms with Crippen LogP contribution in [0.5, 0.6) is 0 Å². The molecule has 1 saturated heterocycles. The van der Waals surface area contributed by atoms with Crippen LogP contribution >= 0.6 is 0 Å². The molecule has 1 rings (SSSR count). The van der Waals surface area contributed by atoms with Gasteiger partial charge in [-0.25, -0.2) is 0 Å². The Bertz CT molecular complexity index is 170. The largest absolute Gasteiger partial charge is 0.370 e. The molecule has 0 bridgehead atoms. The third-order valence-electron chi connectivity index (χ3n) is 2.87. The average molecular weight is 184 g/mol. The number of piperidine rings is 1. The molecule has 0 aromatic rings. The lowest BCUT2D eigenvalue weighted by atomic mass is 10.00. The summed E-state index contributed by atoms with van der Waals surface area (Å²) in [6, 6.07) is 0.688. The number of primary amides is 1. The molecule has 2 N–H and O–H groups in total. The molecule has 0 radical (unpaired) electrons. The monoisotopic (exact) mass is 184 g/mol. The van der Waals surface area contributed by atoms with Gasteiger partial charge in [0.25, 0.3) is 0 Å². The van der Waals surface area contributed by atoms with Gasteiger partial charge in [0.05, 0.1) is 0 Å². The smallest absolute Gasteiger partial charge is 0.218 e. The fraction of sp³-hybridized carbons (Fsp3) is 0.900. The second-order valence-electron chi connectivity index (χ2n) is 3.81. The van der Waals surface area contributed by atoms with Gasteiger partial charge < -0.3 is 5.73 Å². The van der Waals surface area contributed by atoms with Crippen LogP contribution in [0.1, 0.15) is 39.0 Å². The maximum Gasteiger partial charge on any atom is 0.218 e. The van der Waals surface area contributed by atoms with E-state index in [2.05, 4.69) is 11.8 Å². The van der Waals surface area contributed by atoms with Crippen molar-refractivity contribution in [2.75, 3.05) is 13.1 Å². The molecule has 76 valence electrons. The average Bonchev–Trinajstić information content (AvgIpc) is 2.15. The summed E-state index contributed by atoms with van der Waals surface area (Å²) in [5.74, 6) is -0.180. The molecular weight excluding hydrogens is 164 g/mol. The maximum absolute atomic E-state index is 10.6. The lowest BCUT2D eigenvalue weighted by molar-refractivity contribution is -0.118. The number of rotatable bonds is 4. The van der Waals surface area contributed by atoms with E-state index in [1.165, 1.54) is 25.7 Å². The van der Waals surface area contributed by atoms with Crippen LogP contribution in [-0.2, 0) is 4.79 Å². The number of likely N-dealkylation sites (tertiary alicyclic amines) is 1. The van der Waals surface area contributed by atoms with Crippen molar-refractivity contribution in [3.8, 4) is 0 Å². The van der Waals surface area contributed by atoms with E-state index in [4.69, 9.17) is 5.73 Å². The predicted octanol–water partition coefficient (Wildman–Crippen LogP) is 1.13. The van der Waals surface area contributed by atoms with Crippen LogP contribution in [0, 0.1) is 0 Å². The van der Waals surface area contributed by atoms with Gasteiger partial charge in [-0.15, -0.1) is 0 Å². The van der Waals surface area contributed by atoms with Crippen molar-refractivity contribution < 1.29 is 4.79 Å². The minimum absolute atomic E-state index is 0.180. The molecule has 1 amide bonds. The summed E-state index contributed by atoms with van der Waals surface area (Å²) in [4.78, 5) is 13.0. The third kappa shape index (κ3) is 3.35. The van der Waals surface area contributed by atoms with Crippen molar-refractivity contribution in [1.29, 1.82) is 0 Å². The highest BCUT2D eigenvalue weighted by atomic mass is 16.1. The normalized spacial score (nSPS) is 24.5. The zero-order valence-electron chi connectivity index (χ0n) is 8.46. The number of hydrogen-bond donors (Lipinski definition) is 1. The van der Waals surface area contributed by atoms with E-state index in [-0.39, 0.29) is 5.91 Å². The second kappa shape index (κ2) is 5.22. The quantitative estimate of drug-likeness (QED) is 0.712. The van der Waals surface area contributed by atoms with Gasteiger partial charge in [-0.1, -0.05) is 13.3 Å². The zero-order chi connectivity index (χ0) is 9.68. The first-order valence-corrected chi connectivity index (χ1v) is 5.26. The van der Waals surface area contributed by atoms with Crippen LogP contribution in [-0.4, -0.2) is 29.9 Å². The highest BCUT2D eigenvalue weighted by Gasteiger charge is 2.20. The number of amides is 1. The van der Waals surface area contributed by atoms with Crippen LogP contribution in [0.2, 0.25) is 0 Å². The van der Waals surface area contributed by atoms with Crippen LogP contribution < -0.4 is 5.73 Å². The number of carbonyl (C=O) groups is 1. The summed E-state index contributed by atoms with van der Waals surface area (Å²) < 4.78 is 0. The van der Waals surface area contributed by atoms with Gasteiger partial charge in [-0.05, 0) is 25.8 Å². The van der Waals surface area contributed by atoms with E-state index in [1.54, 1.807) is 0 Å². The Hall–Kier alpha value is -0.570. The van der Waals surface area contributed by atoms with E-state index >= 15 is 0 Å². The number of carbonyl (C=O) groups excluding carboxylic acids is 1. The van der Waals surface area contributed by atoms with Gasteiger partial charge >= 0.3 is 0 Å². The number of nitrogens with zero attached hydrogens (tertiary/aromatic N) is 1. The van der Waals surface area contributed by atoms with Crippen molar-refractivity contribution in [3.63, 3.8) is 0 Å². The van der Waals surface area contributed by atoms with Crippen molar-refractivity contribution in [3.05, 3.63) is 0 Å². The molecule has 1 aliphatic rings. The van der Waals surface area contributed by atoms with Gasteiger partial charge in [0, 0.05) is 19.0 Å². The first kappa shape index (κ1) is 10.5. The van der Waals surface area contributed by atoms with Gasteiger partial charge in [-0.2, -0.15) is 0 Å². The molecule has 1 fully saturated rings. The molecule has 0 saturated carbocycles. The Kier molecular flexibility index (Phi) is 4.22. The maximum atomic E-state index is 10.6. The summed E-state index contributed by atoms with van der Waals surface area (Å²) in [6.07, 6.45) is 5.60. The van der Waals surface area contributed by atoms with E-state index in [9.17, 15) is 4.79 Å². The molecule has 13 heavy (non-hydrogen) atoms. The number of nitrogens with two attached hydrogens (primary N) is 1. The van der Waals surface area contributed by atoms with E-state index in [0.29, 0.717) is 12.5 Å². The Balaban J connectivity index is 2.31. The van der Waals surface area contributed by atoms with Gasteiger partial charge in [0.2, 0.25) is 5.91 Å². The summed E-state index contributed by atoms with van der Waals surface area (Å²) in [5, 5.41) is 0. The molecule has 0 spiro atoms. The molecule has 3 heteroatoms. The molecule has 1 atom stereocenters. The predicted molar refractivity (Wildman–Crippen MR) is 53.3 cm³/mol. The Morgan fingerprint density at radius 1 is 1.54 bits per heavy atom. The molecule has 1 unspecified atom stereocenters. The number of hydrogen-bond acceptors (Lipinski definition) is 2. The molecule has 0 aromatic heterocycles. The lowest BCUT2D eigenvalue weighted by Crippen LogP contribution is -2.40. The van der Waals surface area contributed by atoms with Gasteiger partial charge in [-0.3, -0.25) is 9.69 Å². The Morgan fingerprint density at radius 2 is 2.31 bits per heavy atom. The standard InChI is InChI=1S/C10H20N2O/c1-2-9-5-3-4-7-12(9)8-6-10(11)13/h9H,2-8H2,1H3,(H2,11,13). The Morgan fingerprint density at radius 3 is 2.92 bits per heavy atom. The van der Waals surface area contributed by atoms with Crippen LogP contribution in [0.15, 0.2) is 0 Å². The van der Waals surface area contributed by atoms with E-state index in [1.807, 2.05) is 0 Å². The first-order chi connectivity index (χ1) is 6.24. The van der Waals surface area contributed by atoms with E-state index < -0.39 is 0 Å². The van der Waals surface area contributed by atoms with Crippen molar-refractivity contribution >= 4 is 5.91 Å². The van der Waals surface area contributed by atoms with Crippen molar-refractivity contribution in [2.24, 2.45) is 5.73 Å². The minimum Gasteiger partial charge on any atom is -0.370 e. The first-order valence-electron chi connectivity index (χ1n) is 5.26. The lowest BCUT2D eigenvalue weighted by Gasteiger charge is -2.34. The summed E-state index contributed by atoms with van der Waals surface area (Å²) in [7, 11) is 0. The topological polar surface area (TPSA) is 46.3 Å². The summed E-state index contributed by atoms with van der Waals surface area (Å²) >= 11 is 0. The Labute approximate surface area is 80.3 Å². The zero-order valence-corrected chi connectivity index (χ0v) is 8.46. The molecule has 1 heterocycles. The van der Waals surface area contributed by atoms with Gasteiger partial charge in [0.1, 0.15) is 0 Å². The SMILES string of the molecule is CCC1CCCCN1CCC(N)=O. The fourth-order valence-corrected chi connectivity index (χ4v) is 2.07. The third-order valence-corrected chi connectivity index (χ3v) is 2.87. The molecule has 0 aromatic carbocycles. The summed E-state index contributed by atoms with van der Waals surface area (Å²) in [5.41, 5.74) is 5.13. The highest BCUT2D eigenvalue weighted by molar-refractivity contribution is 5.73.